The van der Waals surface area contributed by atoms with Gasteiger partial charge in [0.15, 0.2) is 0 Å². The summed E-state index contributed by atoms with van der Waals surface area (Å²) in [6.45, 7) is 6.31. The van der Waals surface area contributed by atoms with Crippen LogP contribution in [0, 0.1) is 11.8 Å². The van der Waals surface area contributed by atoms with Crippen molar-refractivity contribution >= 4 is 65.1 Å². The second-order valence-corrected chi connectivity index (χ2v) is 20.1. The van der Waals surface area contributed by atoms with E-state index in [1.165, 1.54) is 9.80 Å². The van der Waals surface area contributed by atoms with Gasteiger partial charge in [-0.15, -0.1) is 0 Å². The molecule has 0 spiro atoms. The Kier molecular flexibility index (Phi) is 23.8. The Morgan fingerprint density at radius 2 is 0.987 bits per heavy atom. The lowest BCUT2D eigenvalue weighted by Gasteiger charge is -2.32. The molecule has 0 aromatic heterocycles. The molecule has 2 fully saturated rings. The highest BCUT2D eigenvalue weighted by atomic mass is 16.4. The third-order valence-electron chi connectivity index (χ3n) is 13.0. The topological polar surface area (TPSA) is 379 Å². The predicted molar refractivity (Wildman–Crippen MR) is 274 cm³/mol. The Morgan fingerprint density at radius 1 is 0.566 bits per heavy atom. The summed E-state index contributed by atoms with van der Waals surface area (Å²) in [5.74, 6) is -10.3. The maximum atomic E-state index is 14.8. The van der Waals surface area contributed by atoms with E-state index in [1.54, 1.807) is 88.4 Å². The average molecular weight is 1060 g/mol. The first-order chi connectivity index (χ1) is 36.0. The number of carbonyl (C=O) groups is 11. The van der Waals surface area contributed by atoms with E-state index < -0.39 is 133 Å². The Morgan fingerprint density at radius 3 is 1.46 bits per heavy atom. The SMILES string of the molecule is CC(C)CC(NC(=O)C(CC(=O)O)NC(=O)C(Cc1ccccc1)NC(=O)C1CCCN1C(=O)C(Cc1ccccc1)NC(=O)C1CCCN1C(=O)C(CO)NC(=O)C(CC(C)C)NC(=O)C(N)CCC(N)=O)C(=O)O. The van der Waals surface area contributed by atoms with Gasteiger partial charge in [0.1, 0.15) is 48.3 Å². The lowest BCUT2D eigenvalue weighted by Crippen LogP contribution is -2.61. The number of rotatable bonds is 29. The molecule has 0 aliphatic carbocycles. The molecular formula is C52H74N10O14. The number of aliphatic hydroxyl groups excluding tert-OH is 1. The zero-order valence-corrected chi connectivity index (χ0v) is 43.4. The molecule has 2 aromatic rings. The zero-order chi connectivity index (χ0) is 56.2. The van der Waals surface area contributed by atoms with E-state index in [0.29, 0.717) is 24.0 Å². The fraction of sp³-hybridized carbons (Fsp3) is 0.558. The minimum atomic E-state index is -1.74. The van der Waals surface area contributed by atoms with E-state index in [9.17, 15) is 68.1 Å². The lowest BCUT2D eigenvalue weighted by molar-refractivity contribution is -0.145. The van der Waals surface area contributed by atoms with Gasteiger partial charge in [0, 0.05) is 32.4 Å². The summed E-state index contributed by atoms with van der Waals surface area (Å²) in [5, 5.41) is 45.1. The molecule has 76 heavy (non-hydrogen) atoms. The maximum Gasteiger partial charge on any atom is 0.326 e. The molecular weight excluding hydrogens is 989 g/mol. The third kappa shape index (κ3) is 18.7. The van der Waals surface area contributed by atoms with Gasteiger partial charge >= 0.3 is 11.9 Å². The maximum absolute atomic E-state index is 14.8. The largest absolute Gasteiger partial charge is 0.481 e. The number of likely N-dealkylation sites (tertiary alicyclic amines) is 2. The highest BCUT2D eigenvalue weighted by Gasteiger charge is 2.43. The van der Waals surface area contributed by atoms with Gasteiger partial charge in [0.05, 0.1) is 19.1 Å². The minimum absolute atomic E-state index is 0.0170. The number of hydrogen-bond donors (Lipinski definition) is 11. The summed E-state index contributed by atoms with van der Waals surface area (Å²) in [6, 6.07) is 5.09. The smallest absolute Gasteiger partial charge is 0.326 e. The molecule has 2 aliphatic rings. The molecule has 4 rings (SSSR count). The van der Waals surface area contributed by atoms with Crippen LogP contribution < -0.4 is 43.4 Å². The van der Waals surface area contributed by atoms with Gasteiger partial charge in [-0.3, -0.25) is 47.9 Å². The van der Waals surface area contributed by atoms with Gasteiger partial charge in [0.25, 0.3) is 0 Å². The van der Waals surface area contributed by atoms with Crippen LogP contribution in [0.1, 0.15) is 96.6 Å². The highest BCUT2D eigenvalue weighted by Crippen LogP contribution is 2.23. The number of carboxylic acids is 2. The summed E-state index contributed by atoms with van der Waals surface area (Å²) >= 11 is 0. The van der Waals surface area contributed by atoms with E-state index in [2.05, 4.69) is 31.9 Å². The molecule has 0 bridgehead atoms. The number of carbonyl (C=O) groups excluding carboxylic acids is 9. The molecule has 2 saturated heterocycles. The van der Waals surface area contributed by atoms with E-state index in [-0.39, 0.29) is 76.3 Å². The van der Waals surface area contributed by atoms with Crippen molar-refractivity contribution in [3.63, 3.8) is 0 Å². The number of amides is 9. The number of benzene rings is 2. The molecule has 0 radical (unpaired) electrons. The summed E-state index contributed by atoms with van der Waals surface area (Å²) in [5.41, 5.74) is 12.3. The molecule has 13 N–H and O–H groups in total. The molecule has 2 aliphatic heterocycles. The number of nitrogens with one attached hydrogen (secondary N) is 6. The normalized spacial score (nSPS) is 18.0. The van der Waals surface area contributed by atoms with Gasteiger partial charge in [0.2, 0.25) is 53.2 Å². The Balaban J connectivity index is 1.55. The van der Waals surface area contributed by atoms with Gasteiger partial charge in [-0.05, 0) is 67.9 Å². The van der Waals surface area contributed by atoms with Crippen LogP contribution in [0.3, 0.4) is 0 Å². The fourth-order valence-corrected chi connectivity index (χ4v) is 9.14. The van der Waals surface area contributed by atoms with Crippen LogP contribution in [-0.2, 0) is 65.6 Å². The van der Waals surface area contributed by atoms with Crippen LogP contribution in [0.2, 0.25) is 0 Å². The second kappa shape index (κ2) is 29.6. The fourth-order valence-electron chi connectivity index (χ4n) is 9.14. The van der Waals surface area contributed by atoms with Gasteiger partial charge in [-0.2, -0.15) is 0 Å². The van der Waals surface area contributed by atoms with Crippen molar-refractivity contribution in [1.29, 1.82) is 0 Å². The number of aliphatic carboxylic acids is 2. The standard InChI is InChI=1S/C52H74N10O14/c1-29(2)23-34(55-44(67)33(53)19-20-42(54)64)45(68)60-39(28-63)51(74)62-22-12-18-41(62)49(72)58-37(26-32-15-9-6-10-16-32)50(73)61-21-11-17-40(61)48(71)57-35(25-31-13-7-5-8-14-31)46(69)56-36(27-43(65)66)47(70)59-38(52(75)76)24-30(3)4/h5-10,13-16,29-30,33-41,63H,11-12,17-28,53H2,1-4H3,(H2,54,64)(H,55,67)(H,56,69)(H,57,71)(H,58,72)(H,59,70)(H,60,68)(H,65,66)(H,75,76). The van der Waals surface area contributed by atoms with Crippen LogP contribution in [0.15, 0.2) is 60.7 Å². The van der Waals surface area contributed by atoms with Crippen molar-refractivity contribution in [2.24, 2.45) is 23.3 Å². The molecule has 0 saturated carbocycles. The molecule has 24 nitrogen and oxygen atoms in total. The Labute approximate surface area is 441 Å². The van der Waals surface area contributed by atoms with Crippen LogP contribution in [0.25, 0.3) is 0 Å². The van der Waals surface area contributed by atoms with Gasteiger partial charge in [-0.1, -0.05) is 88.4 Å². The number of primary amides is 1. The van der Waals surface area contributed by atoms with Crippen molar-refractivity contribution in [2.75, 3.05) is 19.7 Å². The second-order valence-electron chi connectivity index (χ2n) is 20.1. The predicted octanol–water partition coefficient (Wildman–Crippen LogP) is -1.40. The lowest BCUT2D eigenvalue weighted by atomic mass is 10.0. The Hall–Kier alpha value is -7.47. The summed E-state index contributed by atoms with van der Waals surface area (Å²) in [4.78, 5) is 149. The number of hydrogen-bond acceptors (Lipinski definition) is 13. The van der Waals surface area contributed by atoms with E-state index in [1.807, 2.05) is 0 Å². The Bertz CT molecular complexity index is 2370. The molecule has 9 amide bonds. The van der Waals surface area contributed by atoms with Crippen molar-refractivity contribution in [3.05, 3.63) is 71.8 Å². The van der Waals surface area contributed by atoms with Crippen molar-refractivity contribution in [2.45, 2.75) is 153 Å². The first kappa shape index (κ1) is 61.1. The van der Waals surface area contributed by atoms with Crippen molar-refractivity contribution < 1.29 is 68.1 Å². The van der Waals surface area contributed by atoms with Gasteiger partial charge < -0.3 is 68.5 Å². The minimum Gasteiger partial charge on any atom is -0.481 e. The van der Waals surface area contributed by atoms with Crippen molar-refractivity contribution in [1.82, 2.24) is 41.7 Å². The monoisotopic (exact) mass is 1060 g/mol. The molecule has 24 heteroatoms. The van der Waals surface area contributed by atoms with E-state index >= 15 is 0 Å². The molecule has 9 atom stereocenters. The zero-order valence-electron chi connectivity index (χ0n) is 43.4. The number of aliphatic hydroxyl groups is 1. The van der Waals surface area contributed by atoms with Crippen LogP contribution in [0.4, 0.5) is 0 Å². The van der Waals surface area contributed by atoms with E-state index in [4.69, 9.17) is 11.5 Å². The molecule has 9 unspecified atom stereocenters. The van der Waals surface area contributed by atoms with Crippen LogP contribution >= 0.6 is 0 Å². The van der Waals surface area contributed by atoms with Crippen LogP contribution in [0.5, 0.6) is 0 Å². The average Bonchev–Trinajstić information content (AvgIpc) is 4.07. The summed E-state index contributed by atoms with van der Waals surface area (Å²) in [6.07, 6.45) is -0.226. The van der Waals surface area contributed by atoms with Crippen molar-refractivity contribution in [3.8, 4) is 0 Å². The number of nitrogens with two attached hydrogens (primary N) is 2. The first-order valence-corrected chi connectivity index (χ1v) is 25.6. The summed E-state index contributed by atoms with van der Waals surface area (Å²) < 4.78 is 0. The van der Waals surface area contributed by atoms with E-state index in [0.717, 1.165) is 0 Å². The molecule has 2 aromatic carbocycles. The quantitative estimate of drug-likeness (QED) is 0.0446. The van der Waals surface area contributed by atoms with Gasteiger partial charge in [-0.25, -0.2) is 4.79 Å². The number of carboxylic acid groups (broad SMARTS) is 2. The number of nitrogens with zero attached hydrogens (tertiary/aromatic N) is 2. The molecule has 416 valence electrons. The third-order valence-corrected chi connectivity index (χ3v) is 13.0. The molecule has 2 heterocycles. The summed E-state index contributed by atoms with van der Waals surface area (Å²) in [7, 11) is 0. The highest BCUT2D eigenvalue weighted by molar-refractivity contribution is 5.99. The van der Waals surface area contributed by atoms with Crippen LogP contribution in [-0.4, -0.2) is 164 Å². The first-order valence-electron chi connectivity index (χ1n) is 25.6.